The fraction of sp³-hybridized carbons (Fsp3) is 0. The van der Waals surface area contributed by atoms with Gasteiger partial charge in [-0.3, -0.25) is 18.8 Å². The SMILES string of the molecule is Cl.F.F.F.F.Sc1ccccc1Br. The van der Waals surface area contributed by atoms with Gasteiger partial charge in [-0.1, -0.05) is 12.1 Å². The summed E-state index contributed by atoms with van der Waals surface area (Å²) >= 11 is 7.47. The Kier molecular flexibility index (Phi) is 32.8. The summed E-state index contributed by atoms with van der Waals surface area (Å²) in [5, 5.41) is 0. The van der Waals surface area contributed by atoms with E-state index >= 15 is 0 Å². The molecule has 7 heteroatoms. The zero-order valence-corrected chi connectivity index (χ0v) is 9.47. The monoisotopic (exact) mass is 304 g/mol. The second-order valence-electron chi connectivity index (χ2n) is 1.45. The van der Waals surface area contributed by atoms with Crippen molar-refractivity contribution in [3.8, 4) is 0 Å². The molecule has 0 radical (unpaired) electrons. The van der Waals surface area contributed by atoms with Crippen LogP contribution >= 0.6 is 41.0 Å². The molecule has 1 aromatic rings. The lowest BCUT2D eigenvalue weighted by Crippen LogP contribution is -1.64. The van der Waals surface area contributed by atoms with Crippen LogP contribution in [-0.4, -0.2) is 0 Å². The van der Waals surface area contributed by atoms with E-state index in [4.69, 9.17) is 0 Å². The van der Waals surface area contributed by atoms with Crippen LogP contribution in [0.1, 0.15) is 0 Å². The highest BCUT2D eigenvalue weighted by atomic mass is 79.9. The number of hydrogen-bond acceptors (Lipinski definition) is 1. The van der Waals surface area contributed by atoms with Gasteiger partial charge in [-0.15, -0.1) is 25.0 Å². The van der Waals surface area contributed by atoms with E-state index in [1.165, 1.54) is 0 Å². The molecular weight excluding hydrogens is 295 g/mol. The Bertz CT molecular complexity index is 181. The van der Waals surface area contributed by atoms with Gasteiger partial charge >= 0.3 is 0 Å². The number of hydrogen-bond donors (Lipinski definition) is 1. The number of halogens is 6. The van der Waals surface area contributed by atoms with Gasteiger partial charge in [0.1, 0.15) is 0 Å². The highest BCUT2D eigenvalue weighted by Crippen LogP contribution is 2.18. The van der Waals surface area contributed by atoms with Crippen LogP contribution in [0.15, 0.2) is 33.6 Å². The third kappa shape index (κ3) is 9.98. The molecule has 0 saturated heterocycles. The fourth-order valence-corrected chi connectivity index (χ4v) is 0.897. The highest BCUT2D eigenvalue weighted by molar-refractivity contribution is 9.10. The van der Waals surface area contributed by atoms with Crippen LogP contribution < -0.4 is 0 Å². The van der Waals surface area contributed by atoms with Crippen molar-refractivity contribution in [3.63, 3.8) is 0 Å². The van der Waals surface area contributed by atoms with E-state index in [0.717, 1.165) is 9.37 Å². The molecule has 0 amide bonds. The Morgan fingerprint density at radius 1 is 0.923 bits per heavy atom. The van der Waals surface area contributed by atoms with E-state index < -0.39 is 0 Å². The van der Waals surface area contributed by atoms with Crippen molar-refractivity contribution < 1.29 is 18.8 Å². The molecule has 0 aromatic heterocycles. The molecule has 0 bridgehead atoms. The van der Waals surface area contributed by atoms with Gasteiger partial charge in [0.05, 0.1) is 0 Å². The summed E-state index contributed by atoms with van der Waals surface area (Å²) in [5.41, 5.74) is 0. The molecule has 13 heavy (non-hydrogen) atoms. The summed E-state index contributed by atoms with van der Waals surface area (Å²) in [6.07, 6.45) is 0. The molecule has 0 nitrogen and oxygen atoms in total. The van der Waals surface area contributed by atoms with Gasteiger partial charge < -0.3 is 0 Å². The summed E-state index contributed by atoms with van der Waals surface area (Å²) in [7, 11) is 0. The predicted octanol–water partition coefficient (Wildman–Crippen LogP) is 3.77. The largest absolute Gasteiger partial charge is 0.269 e. The van der Waals surface area contributed by atoms with Crippen LogP contribution in [-0.2, 0) is 0 Å². The van der Waals surface area contributed by atoms with Crippen LogP contribution in [0, 0.1) is 0 Å². The van der Waals surface area contributed by atoms with Crippen LogP contribution in [0.2, 0.25) is 0 Å². The van der Waals surface area contributed by atoms with E-state index in [-0.39, 0.29) is 31.2 Å². The van der Waals surface area contributed by atoms with E-state index in [9.17, 15) is 0 Å². The maximum Gasteiger partial charge on any atom is 0.0308 e. The quantitative estimate of drug-likeness (QED) is 0.547. The Labute approximate surface area is 93.5 Å². The first-order valence-electron chi connectivity index (χ1n) is 2.24. The minimum atomic E-state index is 0. The topological polar surface area (TPSA) is 0 Å². The zero-order valence-electron chi connectivity index (χ0n) is 6.18. The molecule has 0 unspecified atom stereocenters. The molecule has 1 aromatic carbocycles. The number of thiol groups is 1. The first-order valence-corrected chi connectivity index (χ1v) is 3.48. The van der Waals surface area contributed by atoms with Gasteiger partial charge in [-0.25, -0.2) is 0 Å². The summed E-state index contributed by atoms with van der Waals surface area (Å²) < 4.78 is 1.04. The molecule has 0 spiro atoms. The lowest BCUT2D eigenvalue weighted by atomic mass is 10.4. The minimum Gasteiger partial charge on any atom is -0.269 e. The second kappa shape index (κ2) is 14.6. The molecule has 0 saturated carbocycles. The highest BCUT2D eigenvalue weighted by Gasteiger charge is 1.87. The summed E-state index contributed by atoms with van der Waals surface area (Å²) in [4.78, 5) is 0.979. The molecule has 82 valence electrons. The summed E-state index contributed by atoms with van der Waals surface area (Å²) in [5.74, 6) is 0. The minimum absolute atomic E-state index is 0. The predicted molar refractivity (Wildman–Crippen MR) is 58.7 cm³/mol. The number of benzene rings is 1. The van der Waals surface area contributed by atoms with E-state index in [1.807, 2.05) is 24.3 Å². The van der Waals surface area contributed by atoms with Crippen molar-refractivity contribution in [1.29, 1.82) is 0 Å². The van der Waals surface area contributed by atoms with Gasteiger partial charge in [-0.2, -0.15) is 0 Å². The molecule has 0 aliphatic heterocycles. The van der Waals surface area contributed by atoms with E-state index in [1.54, 1.807) is 0 Å². The smallest absolute Gasteiger partial charge is 0.0308 e. The van der Waals surface area contributed by atoms with Crippen molar-refractivity contribution in [2.45, 2.75) is 4.90 Å². The first kappa shape index (κ1) is 29.2. The van der Waals surface area contributed by atoms with Gasteiger partial charge in [0.25, 0.3) is 0 Å². The van der Waals surface area contributed by atoms with Gasteiger partial charge in [0.15, 0.2) is 0 Å². The maximum atomic E-state index is 4.15. The molecule has 0 aliphatic carbocycles. The molecule has 0 fully saturated rings. The van der Waals surface area contributed by atoms with Crippen LogP contribution in [0.3, 0.4) is 0 Å². The Hall–Kier alpha value is 0.0600. The zero-order chi connectivity index (χ0) is 5.98. The average molecular weight is 306 g/mol. The lowest BCUT2D eigenvalue weighted by molar-refractivity contribution is 1.11. The third-order valence-corrected chi connectivity index (χ3v) is 2.24. The molecule has 0 atom stereocenters. The van der Waals surface area contributed by atoms with Crippen molar-refractivity contribution in [3.05, 3.63) is 28.7 Å². The maximum absolute atomic E-state index is 4.15. The third-order valence-electron chi connectivity index (χ3n) is 0.852. The standard InChI is InChI=1S/C6H5BrS.ClH.4FH/c7-5-3-1-2-4-6(5)8;;;;;/h1-4,8H;5*1H. The normalized spacial score (nSPS) is 5.69. The van der Waals surface area contributed by atoms with Crippen LogP contribution in [0.4, 0.5) is 18.8 Å². The van der Waals surface area contributed by atoms with E-state index in [2.05, 4.69) is 28.6 Å². The van der Waals surface area contributed by atoms with Crippen LogP contribution in [0.5, 0.6) is 0 Å². The second-order valence-corrected chi connectivity index (χ2v) is 2.79. The van der Waals surface area contributed by atoms with Crippen molar-refractivity contribution in [2.24, 2.45) is 0 Å². The molecular formula is C6H10BrClF4S. The summed E-state index contributed by atoms with van der Waals surface area (Å²) in [6, 6.07) is 7.81. The van der Waals surface area contributed by atoms with Gasteiger partial charge in [0.2, 0.25) is 0 Å². The lowest BCUT2D eigenvalue weighted by Gasteiger charge is -1.90. The Morgan fingerprint density at radius 2 is 1.31 bits per heavy atom. The first-order chi connectivity index (χ1) is 3.80. The molecule has 0 heterocycles. The molecule has 1 rings (SSSR count). The molecule has 0 N–H and O–H groups in total. The van der Waals surface area contributed by atoms with Crippen molar-refractivity contribution in [1.82, 2.24) is 0 Å². The van der Waals surface area contributed by atoms with Gasteiger partial charge in [0, 0.05) is 9.37 Å². The average Bonchev–Trinajstić information content (AvgIpc) is 1.77. The Balaban J connectivity index is -0.0000000427. The van der Waals surface area contributed by atoms with Gasteiger partial charge in [-0.05, 0) is 28.1 Å². The summed E-state index contributed by atoms with van der Waals surface area (Å²) in [6.45, 7) is 0. The van der Waals surface area contributed by atoms with Crippen molar-refractivity contribution in [2.75, 3.05) is 0 Å². The molecule has 0 aliphatic rings. The fourth-order valence-electron chi connectivity index (χ4n) is 0.452. The Morgan fingerprint density at radius 3 is 1.54 bits per heavy atom. The van der Waals surface area contributed by atoms with Crippen molar-refractivity contribution >= 4 is 41.0 Å². The van der Waals surface area contributed by atoms with Crippen LogP contribution in [0.25, 0.3) is 0 Å². The van der Waals surface area contributed by atoms with E-state index in [0.29, 0.717) is 0 Å². The number of rotatable bonds is 0.